The van der Waals surface area contributed by atoms with Crippen molar-refractivity contribution in [2.24, 2.45) is 0 Å². The predicted molar refractivity (Wildman–Crippen MR) is 120 cm³/mol. The van der Waals surface area contributed by atoms with Crippen molar-refractivity contribution in [1.29, 1.82) is 0 Å². The Morgan fingerprint density at radius 3 is 2.28 bits per heavy atom. The van der Waals surface area contributed by atoms with E-state index in [1.165, 1.54) is 25.3 Å². The highest BCUT2D eigenvalue weighted by Gasteiger charge is 2.38. The summed E-state index contributed by atoms with van der Waals surface area (Å²) < 4.78 is 94.6. The molecule has 0 aromatic heterocycles. The van der Waals surface area contributed by atoms with Gasteiger partial charge in [0.15, 0.2) is 0 Å². The van der Waals surface area contributed by atoms with Crippen LogP contribution in [0.5, 0.6) is 11.5 Å². The van der Waals surface area contributed by atoms with Crippen LogP contribution in [0.3, 0.4) is 0 Å². The molecule has 2 aromatic carbocycles. The Morgan fingerprint density at radius 2 is 1.75 bits per heavy atom. The fraction of sp³-hybridized carbons (Fsp3) is 0.381. The Balaban J connectivity index is 0.000000572. The van der Waals surface area contributed by atoms with Crippen LogP contribution in [0.2, 0.25) is 0 Å². The number of carbonyl (C=O) groups is 1. The number of hydrogen-bond donors (Lipinski definition) is 3. The van der Waals surface area contributed by atoms with E-state index in [-0.39, 0.29) is 22.1 Å². The van der Waals surface area contributed by atoms with Crippen LogP contribution in [-0.2, 0) is 14.8 Å². The minimum absolute atomic E-state index is 0.00921. The van der Waals surface area contributed by atoms with E-state index in [1.807, 2.05) is 6.92 Å². The number of carboxylic acid groups (broad SMARTS) is 1. The number of ether oxygens (including phenoxy) is 2. The molecular formula is C21H24F5N3O6S. The van der Waals surface area contributed by atoms with Crippen molar-refractivity contribution in [2.75, 3.05) is 42.9 Å². The molecular weight excluding hydrogens is 517 g/mol. The first-order valence-electron chi connectivity index (χ1n) is 10.3. The van der Waals surface area contributed by atoms with E-state index in [4.69, 9.17) is 14.6 Å². The summed E-state index contributed by atoms with van der Waals surface area (Å²) in [5, 5.41) is 10.4. The van der Waals surface area contributed by atoms with Crippen molar-refractivity contribution in [3.8, 4) is 11.5 Å². The molecule has 1 aliphatic heterocycles. The number of aliphatic carboxylic acids is 1. The Morgan fingerprint density at radius 1 is 1.14 bits per heavy atom. The number of piperazine rings is 1. The number of carboxylic acids is 1. The van der Waals surface area contributed by atoms with Crippen molar-refractivity contribution in [2.45, 2.75) is 24.6 Å². The molecule has 1 aliphatic rings. The van der Waals surface area contributed by atoms with E-state index in [1.54, 1.807) is 12.1 Å². The average Bonchev–Trinajstić information content (AvgIpc) is 2.79. The number of methoxy groups -OCH3 is 1. The molecule has 2 aromatic rings. The second kappa shape index (κ2) is 12.1. The van der Waals surface area contributed by atoms with Crippen LogP contribution in [0, 0.1) is 6.92 Å². The average molecular weight is 541 g/mol. The molecule has 0 saturated carbocycles. The van der Waals surface area contributed by atoms with Gasteiger partial charge in [0.25, 0.3) is 10.0 Å². The lowest BCUT2D eigenvalue weighted by atomic mass is 10.1. The largest absolute Gasteiger partial charge is 0.495 e. The summed E-state index contributed by atoms with van der Waals surface area (Å²) in [6.07, 6.45) is -5.08. The maximum atomic E-state index is 13.0. The van der Waals surface area contributed by atoms with Crippen LogP contribution in [0.15, 0.2) is 41.3 Å². The Bertz CT molecular complexity index is 1160. The Hall–Kier alpha value is -3.33. The van der Waals surface area contributed by atoms with Crippen LogP contribution in [0.4, 0.5) is 33.3 Å². The van der Waals surface area contributed by atoms with Crippen molar-refractivity contribution in [1.82, 2.24) is 5.32 Å². The fourth-order valence-corrected chi connectivity index (χ4v) is 4.23. The molecule has 36 heavy (non-hydrogen) atoms. The molecule has 0 amide bonds. The molecule has 0 unspecified atom stereocenters. The lowest BCUT2D eigenvalue weighted by Gasteiger charge is -2.31. The maximum absolute atomic E-state index is 13.0. The van der Waals surface area contributed by atoms with E-state index in [0.717, 1.165) is 43.5 Å². The monoisotopic (exact) mass is 541 g/mol. The highest BCUT2D eigenvalue weighted by Crippen LogP contribution is 2.32. The standard InChI is InChI=1S/C19H23F2N3O4S.C2HF3O2/c1-13-3-5-15(12-17(13)24-9-7-22-8-10-24)29(25,26)23-16-11-14(28-19(20)21)4-6-18(16)27-2;3-2(4,5)1(6)7/h3-6,11-12,19,22-23H,7-10H2,1-2H3;(H,6,7). The van der Waals surface area contributed by atoms with Crippen LogP contribution < -0.4 is 24.4 Å². The molecule has 0 spiro atoms. The number of sulfonamides is 1. The Labute approximate surface area is 203 Å². The van der Waals surface area contributed by atoms with Gasteiger partial charge in [-0.1, -0.05) is 6.07 Å². The van der Waals surface area contributed by atoms with Gasteiger partial charge in [0, 0.05) is 37.9 Å². The van der Waals surface area contributed by atoms with Gasteiger partial charge in [0.1, 0.15) is 11.5 Å². The van der Waals surface area contributed by atoms with Crippen LogP contribution >= 0.6 is 0 Å². The Kier molecular flexibility index (Phi) is 9.69. The van der Waals surface area contributed by atoms with E-state index >= 15 is 0 Å². The van der Waals surface area contributed by atoms with Gasteiger partial charge >= 0.3 is 18.8 Å². The van der Waals surface area contributed by atoms with Gasteiger partial charge in [0.05, 0.1) is 17.7 Å². The summed E-state index contributed by atoms with van der Waals surface area (Å²) in [6.45, 7) is 2.10. The normalized spacial score (nSPS) is 14.1. The maximum Gasteiger partial charge on any atom is 0.490 e. The third kappa shape index (κ3) is 8.12. The zero-order valence-corrected chi connectivity index (χ0v) is 19.9. The topological polar surface area (TPSA) is 117 Å². The lowest BCUT2D eigenvalue weighted by Crippen LogP contribution is -2.43. The summed E-state index contributed by atoms with van der Waals surface area (Å²) in [7, 11) is -2.63. The summed E-state index contributed by atoms with van der Waals surface area (Å²) in [6, 6.07) is 8.67. The van der Waals surface area contributed by atoms with Crippen LogP contribution in [0.25, 0.3) is 0 Å². The summed E-state index contributed by atoms with van der Waals surface area (Å²) in [5.41, 5.74) is 1.82. The van der Waals surface area contributed by atoms with Crippen molar-refractivity contribution < 1.29 is 49.7 Å². The molecule has 0 radical (unpaired) electrons. The quantitative estimate of drug-likeness (QED) is 0.457. The molecule has 200 valence electrons. The third-order valence-corrected chi connectivity index (χ3v) is 6.19. The summed E-state index contributed by atoms with van der Waals surface area (Å²) in [5.74, 6) is -2.75. The first-order valence-corrected chi connectivity index (χ1v) is 11.7. The first kappa shape index (κ1) is 28.9. The van der Waals surface area contributed by atoms with Gasteiger partial charge in [-0.15, -0.1) is 0 Å². The zero-order chi connectivity index (χ0) is 27.1. The molecule has 0 atom stereocenters. The molecule has 3 N–H and O–H groups in total. The molecule has 1 heterocycles. The number of anilines is 2. The molecule has 0 bridgehead atoms. The van der Waals surface area contributed by atoms with E-state index in [9.17, 15) is 30.4 Å². The fourth-order valence-electron chi connectivity index (χ4n) is 3.15. The number of benzene rings is 2. The highest BCUT2D eigenvalue weighted by atomic mass is 32.2. The van der Waals surface area contributed by atoms with Gasteiger partial charge in [-0.3, -0.25) is 4.72 Å². The second-order valence-corrected chi connectivity index (χ2v) is 9.02. The van der Waals surface area contributed by atoms with Crippen LogP contribution in [0.1, 0.15) is 5.56 Å². The highest BCUT2D eigenvalue weighted by molar-refractivity contribution is 7.92. The molecule has 0 aliphatic carbocycles. The molecule has 9 nitrogen and oxygen atoms in total. The lowest BCUT2D eigenvalue weighted by molar-refractivity contribution is -0.192. The number of alkyl halides is 5. The van der Waals surface area contributed by atoms with Gasteiger partial charge < -0.3 is 24.8 Å². The minimum atomic E-state index is -5.08. The van der Waals surface area contributed by atoms with Gasteiger partial charge in [-0.05, 0) is 36.8 Å². The van der Waals surface area contributed by atoms with Crippen molar-refractivity contribution >= 4 is 27.4 Å². The van der Waals surface area contributed by atoms with E-state index in [0.29, 0.717) is 0 Å². The van der Waals surface area contributed by atoms with Gasteiger partial charge in [-0.2, -0.15) is 22.0 Å². The summed E-state index contributed by atoms with van der Waals surface area (Å²) >= 11 is 0. The molecule has 3 rings (SSSR count). The van der Waals surface area contributed by atoms with Gasteiger partial charge in [0.2, 0.25) is 0 Å². The number of halogens is 5. The number of nitrogens with zero attached hydrogens (tertiary/aromatic N) is 1. The number of hydrogen-bond acceptors (Lipinski definition) is 7. The van der Waals surface area contributed by atoms with Crippen molar-refractivity contribution in [3.63, 3.8) is 0 Å². The second-order valence-electron chi connectivity index (χ2n) is 7.33. The first-order chi connectivity index (χ1) is 16.7. The van der Waals surface area contributed by atoms with Gasteiger partial charge in [-0.25, -0.2) is 13.2 Å². The SMILES string of the molecule is COc1ccc(OC(F)F)cc1NS(=O)(=O)c1ccc(C)c(N2CCNCC2)c1.O=C(O)C(F)(F)F. The third-order valence-electron chi connectivity index (χ3n) is 4.83. The van der Waals surface area contributed by atoms with E-state index < -0.39 is 28.8 Å². The minimum Gasteiger partial charge on any atom is -0.495 e. The predicted octanol–water partition coefficient (Wildman–Crippen LogP) is 3.45. The van der Waals surface area contributed by atoms with Crippen molar-refractivity contribution in [3.05, 3.63) is 42.0 Å². The number of nitrogens with one attached hydrogen (secondary N) is 2. The zero-order valence-electron chi connectivity index (χ0n) is 19.1. The smallest absolute Gasteiger partial charge is 0.490 e. The molecule has 1 fully saturated rings. The number of rotatable bonds is 7. The van der Waals surface area contributed by atoms with E-state index in [2.05, 4.69) is 19.7 Å². The summed E-state index contributed by atoms with van der Waals surface area (Å²) in [4.78, 5) is 11.1. The molecule has 1 saturated heterocycles. The van der Waals surface area contributed by atoms with Crippen LogP contribution in [-0.4, -0.2) is 65.6 Å². The molecule has 15 heteroatoms. The number of aryl methyl sites for hydroxylation is 1.